The van der Waals surface area contributed by atoms with Crippen LogP contribution in [0.5, 0.6) is 0 Å². The number of nitrogens with two attached hydrogens (primary N) is 2. The zero-order valence-corrected chi connectivity index (χ0v) is 23.5. The van der Waals surface area contributed by atoms with E-state index in [4.69, 9.17) is 11.5 Å². The monoisotopic (exact) mass is 565 g/mol. The van der Waals surface area contributed by atoms with E-state index < -0.39 is 36.1 Å². The van der Waals surface area contributed by atoms with Crippen molar-refractivity contribution in [2.24, 2.45) is 5.73 Å². The zero-order chi connectivity index (χ0) is 27.1. The van der Waals surface area contributed by atoms with Crippen LogP contribution in [-0.2, 0) is 31.6 Å². The molecule has 3 unspecified atom stereocenters. The summed E-state index contributed by atoms with van der Waals surface area (Å²) < 4.78 is 28.2. The summed E-state index contributed by atoms with van der Waals surface area (Å²) in [6.45, 7) is 6.69. The van der Waals surface area contributed by atoms with E-state index in [-0.39, 0.29) is 23.4 Å². The number of nitrogens with one attached hydrogen (secondary N) is 2. The smallest absolute Gasteiger partial charge is 0.331 e. The van der Waals surface area contributed by atoms with Crippen molar-refractivity contribution in [2.75, 3.05) is 30.3 Å². The van der Waals surface area contributed by atoms with Gasteiger partial charge in [-0.05, 0) is 34.7 Å². The van der Waals surface area contributed by atoms with Gasteiger partial charge < -0.3 is 16.8 Å². The predicted octanol–water partition coefficient (Wildman–Crippen LogP) is 1.33. The summed E-state index contributed by atoms with van der Waals surface area (Å²) in [7, 11) is -4.29. The topological polar surface area (TPSA) is 157 Å². The molecule has 10 nitrogen and oxygen atoms in total. The molecule has 3 atom stereocenters. The Morgan fingerprint density at radius 1 is 1.19 bits per heavy atom. The number of thioether (sulfide) groups is 2. The van der Waals surface area contributed by atoms with Crippen LogP contribution in [0.4, 0.5) is 5.82 Å². The number of nitrogen functional groups attached to an aromatic ring is 1. The number of pyridine rings is 1. The molecule has 13 heteroatoms. The number of hydrogen-bond donors (Lipinski definition) is 4. The highest BCUT2D eigenvalue weighted by Crippen LogP contribution is 2.50. The second-order valence-corrected chi connectivity index (χ2v) is 14.6. The molecule has 0 spiro atoms. The Balaban J connectivity index is 1.79. The Bertz CT molecular complexity index is 1270. The number of quaternary nitrogens is 1. The lowest BCUT2D eigenvalue weighted by Crippen LogP contribution is -2.77. The minimum absolute atomic E-state index is 0.0402. The molecule has 3 heterocycles. The van der Waals surface area contributed by atoms with E-state index in [9.17, 15) is 18.0 Å². The Labute approximate surface area is 226 Å². The fourth-order valence-electron chi connectivity index (χ4n) is 4.73. The van der Waals surface area contributed by atoms with Crippen LogP contribution in [0.1, 0.15) is 31.9 Å². The van der Waals surface area contributed by atoms with Crippen LogP contribution in [0, 0.1) is 0 Å². The van der Waals surface area contributed by atoms with Gasteiger partial charge in [-0.1, -0.05) is 62.5 Å². The zero-order valence-electron chi connectivity index (χ0n) is 21.1. The number of primary amides is 1. The average Bonchev–Trinajstić information content (AvgIpc) is 3.52. The van der Waals surface area contributed by atoms with Crippen molar-refractivity contribution in [3.05, 3.63) is 53.7 Å². The van der Waals surface area contributed by atoms with Crippen molar-refractivity contribution in [1.29, 1.82) is 0 Å². The predicted molar refractivity (Wildman–Crippen MR) is 147 cm³/mol. The van der Waals surface area contributed by atoms with E-state index in [1.54, 1.807) is 42.6 Å². The van der Waals surface area contributed by atoms with Crippen molar-refractivity contribution in [1.82, 2.24) is 15.6 Å². The second-order valence-electron chi connectivity index (χ2n) is 10.1. The summed E-state index contributed by atoms with van der Waals surface area (Å²) in [4.78, 5) is 29.1. The lowest BCUT2D eigenvalue weighted by atomic mass is 9.87. The lowest BCUT2D eigenvalue weighted by molar-refractivity contribution is -0.831. The number of hydrogen-bond acceptors (Lipinski definition) is 9. The van der Waals surface area contributed by atoms with Crippen LogP contribution in [0.25, 0.3) is 0 Å². The largest absolute Gasteiger partial charge is 0.384 e. The minimum atomic E-state index is -4.29. The van der Waals surface area contributed by atoms with Gasteiger partial charge in [0.1, 0.15) is 17.3 Å². The number of anilines is 1. The van der Waals surface area contributed by atoms with E-state index in [1.165, 1.54) is 11.8 Å². The Morgan fingerprint density at radius 2 is 1.89 bits per heavy atom. The number of nitrogens with zero attached hydrogens (tertiary/aromatic N) is 2. The Kier molecular flexibility index (Phi) is 7.56. The third-order valence-electron chi connectivity index (χ3n) is 6.71. The van der Waals surface area contributed by atoms with Gasteiger partial charge in [0.25, 0.3) is 10.9 Å². The molecular weight excluding hydrogens is 533 g/mol. The van der Waals surface area contributed by atoms with E-state index in [1.807, 2.05) is 20.8 Å². The van der Waals surface area contributed by atoms with Gasteiger partial charge in [0, 0.05) is 25.0 Å². The first kappa shape index (κ1) is 27.7. The van der Waals surface area contributed by atoms with Crippen LogP contribution in [0.15, 0.2) is 47.5 Å². The number of aromatic nitrogens is 1. The second kappa shape index (κ2) is 10.1. The summed E-state index contributed by atoms with van der Waals surface area (Å²) >= 11 is 2.36. The molecule has 1 aromatic heterocycles. The SMILES string of the molecule is CC(C)(C)c1ccc(S(=O)(=O)[N+]2(C3(C(N)=O)NCCS3)CCSC2C(=O)NCc2ccc(N)nc2)cc1. The van der Waals surface area contributed by atoms with Gasteiger partial charge in [0.2, 0.25) is 5.37 Å². The van der Waals surface area contributed by atoms with E-state index >= 15 is 0 Å². The Morgan fingerprint density at radius 3 is 2.43 bits per heavy atom. The summed E-state index contributed by atoms with van der Waals surface area (Å²) in [6, 6.07) is 10.0. The lowest BCUT2D eigenvalue weighted by Gasteiger charge is -2.46. The van der Waals surface area contributed by atoms with Crippen LogP contribution in [-0.4, -0.2) is 64.1 Å². The van der Waals surface area contributed by atoms with Crippen molar-refractivity contribution in [3.63, 3.8) is 0 Å². The fourth-order valence-corrected chi connectivity index (χ4v) is 10.5. The van der Waals surface area contributed by atoms with Crippen LogP contribution >= 0.6 is 23.5 Å². The van der Waals surface area contributed by atoms with Crippen LogP contribution < -0.4 is 22.1 Å². The van der Waals surface area contributed by atoms with Crippen LogP contribution in [0.2, 0.25) is 0 Å². The number of rotatable bonds is 7. The Hall–Kier alpha value is -2.32. The third-order valence-corrected chi connectivity index (χ3v) is 12.2. The molecule has 2 fully saturated rings. The van der Waals surface area contributed by atoms with Gasteiger partial charge >= 0.3 is 15.9 Å². The van der Waals surface area contributed by atoms with Gasteiger partial charge in [-0.3, -0.25) is 9.59 Å². The quantitative estimate of drug-likeness (QED) is 0.364. The van der Waals surface area contributed by atoms with Gasteiger partial charge in [0.05, 0.1) is 5.75 Å². The van der Waals surface area contributed by atoms with Crippen molar-refractivity contribution >= 4 is 51.2 Å². The first-order chi connectivity index (χ1) is 17.3. The molecule has 2 saturated heterocycles. The number of benzene rings is 1. The third kappa shape index (κ3) is 4.71. The highest BCUT2D eigenvalue weighted by molar-refractivity contribution is 8.03. The highest BCUT2D eigenvalue weighted by Gasteiger charge is 2.72. The molecule has 0 radical (unpaired) electrons. The summed E-state index contributed by atoms with van der Waals surface area (Å²) in [5, 5.41) is 4.81. The summed E-state index contributed by atoms with van der Waals surface area (Å²) in [5.74, 6) is -0.110. The van der Waals surface area contributed by atoms with Crippen molar-refractivity contribution < 1.29 is 21.9 Å². The fraction of sp³-hybridized carbons (Fsp3) is 0.458. The molecule has 2 aliphatic heterocycles. The standard InChI is InChI=1S/C24H32N6O4S3/c1-23(2,3)17-5-7-18(8-6-17)37(33,34)30(24(22(26)32)29-10-12-36-24)11-13-35-21(30)20(31)28-15-16-4-9-19(25)27-14-16/h4-9,14,21,29H,10-13,15H2,1-3H3,(H4-,25,26,27,28,31,32)/p+1. The molecule has 37 heavy (non-hydrogen) atoms. The minimum Gasteiger partial charge on any atom is -0.384 e. The van der Waals surface area contributed by atoms with Crippen molar-refractivity contribution in [3.8, 4) is 0 Å². The molecule has 2 aliphatic rings. The highest BCUT2D eigenvalue weighted by atomic mass is 32.2. The van der Waals surface area contributed by atoms with E-state index in [0.29, 0.717) is 29.4 Å². The van der Waals surface area contributed by atoms with Gasteiger partial charge in [-0.2, -0.15) is 12.3 Å². The number of carbonyl (C=O) groups is 2. The summed E-state index contributed by atoms with van der Waals surface area (Å²) in [5.41, 5.74) is 13.1. The van der Waals surface area contributed by atoms with E-state index in [2.05, 4.69) is 15.6 Å². The maximum absolute atomic E-state index is 14.5. The summed E-state index contributed by atoms with van der Waals surface area (Å²) in [6.07, 6.45) is 1.55. The molecule has 4 rings (SSSR count). The van der Waals surface area contributed by atoms with Gasteiger partial charge in [-0.15, -0.1) is 0 Å². The normalized spacial score (nSPS) is 26.2. The average molecular weight is 566 g/mol. The molecule has 0 saturated carbocycles. The maximum atomic E-state index is 14.5. The molecule has 0 bridgehead atoms. The molecule has 6 N–H and O–H groups in total. The number of carbonyl (C=O) groups excluding carboxylic acids is 2. The number of amides is 2. The first-order valence-electron chi connectivity index (χ1n) is 11.9. The number of sulfonamides is 1. The maximum Gasteiger partial charge on any atom is 0.331 e. The molecular formula is C24H33N6O4S3+. The van der Waals surface area contributed by atoms with Crippen molar-refractivity contribution in [2.45, 2.75) is 48.0 Å². The first-order valence-corrected chi connectivity index (χ1v) is 15.3. The molecule has 200 valence electrons. The van der Waals surface area contributed by atoms with E-state index in [0.717, 1.165) is 17.3 Å². The van der Waals surface area contributed by atoms with Gasteiger partial charge in [0.15, 0.2) is 0 Å². The molecule has 2 aromatic rings. The molecule has 0 aliphatic carbocycles. The molecule has 2 amide bonds. The van der Waals surface area contributed by atoms with Crippen LogP contribution in [0.3, 0.4) is 0 Å². The molecule has 1 aromatic carbocycles. The van der Waals surface area contributed by atoms with Gasteiger partial charge in [-0.25, -0.2) is 10.3 Å².